The zero-order valence-corrected chi connectivity index (χ0v) is 14.0. The van der Waals surface area contributed by atoms with Gasteiger partial charge in [0.25, 0.3) is 0 Å². The minimum absolute atomic E-state index is 0.00963. The van der Waals surface area contributed by atoms with Crippen molar-refractivity contribution in [3.05, 3.63) is 18.5 Å². The predicted octanol–water partition coefficient (Wildman–Crippen LogP) is 0.788. The van der Waals surface area contributed by atoms with Gasteiger partial charge in [-0.3, -0.25) is 4.79 Å². The largest absolute Gasteiger partial charge is 0.374 e. The average Bonchev–Trinajstić information content (AvgIpc) is 3.00. The molecule has 3 N–H and O–H groups in total. The summed E-state index contributed by atoms with van der Waals surface area (Å²) < 4.78 is 0.709. The molecule has 0 aliphatic carbocycles. The Balaban J connectivity index is 1.48. The Morgan fingerprint density at radius 3 is 3.00 bits per heavy atom. The molecule has 0 bridgehead atoms. The summed E-state index contributed by atoms with van der Waals surface area (Å²) in [5.41, 5.74) is 5.52. The van der Waals surface area contributed by atoms with Crippen LogP contribution in [0.4, 0.5) is 11.1 Å². The standard InChI is InChI=1S/C13H17N7OS2/c14-11-18-19-13(23-11)22-8-10(21)17-9-3-1-6-20(7-9)12-15-4-2-5-16-12/h2,4-5,9H,1,3,6-8H2,(H2,14,18)(H,17,21)/t9-/m1/s1. The lowest BCUT2D eigenvalue weighted by Crippen LogP contribution is -2.48. The molecule has 1 fully saturated rings. The highest BCUT2D eigenvalue weighted by molar-refractivity contribution is 8.01. The fraction of sp³-hybridized carbons (Fsp3) is 0.462. The molecule has 1 aliphatic rings. The Hall–Kier alpha value is -1.94. The van der Waals surface area contributed by atoms with Gasteiger partial charge < -0.3 is 16.0 Å². The lowest BCUT2D eigenvalue weighted by Gasteiger charge is -2.33. The van der Waals surface area contributed by atoms with E-state index in [1.165, 1.54) is 23.1 Å². The van der Waals surface area contributed by atoms with E-state index in [4.69, 9.17) is 5.73 Å². The van der Waals surface area contributed by atoms with Crippen molar-refractivity contribution in [2.24, 2.45) is 0 Å². The molecule has 1 aliphatic heterocycles. The molecular weight excluding hydrogens is 334 g/mol. The number of nitrogen functional groups attached to an aromatic ring is 1. The van der Waals surface area contributed by atoms with Crippen LogP contribution in [0.5, 0.6) is 0 Å². The van der Waals surface area contributed by atoms with Gasteiger partial charge >= 0.3 is 0 Å². The summed E-state index contributed by atoms with van der Waals surface area (Å²) in [7, 11) is 0. The second-order valence-electron chi connectivity index (χ2n) is 5.10. The van der Waals surface area contributed by atoms with Gasteiger partial charge in [0.1, 0.15) is 0 Å². The summed E-state index contributed by atoms with van der Waals surface area (Å²) in [6.45, 7) is 1.64. The number of carbonyl (C=O) groups is 1. The van der Waals surface area contributed by atoms with Crippen LogP contribution in [0.15, 0.2) is 22.8 Å². The second kappa shape index (κ2) is 7.55. The van der Waals surface area contributed by atoms with Crippen molar-refractivity contribution in [2.75, 3.05) is 29.5 Å². The molecule has 0 radical (unpaired) electrons. The summed E-state index contributed by atoms with van der Waals surface area (Å²) in [5, 5.41) is 11.1. The minimum Gasteiger partial charge on any atom is -0.374 e. The number of hydrogen-bond donors (Lipinski definition) is 2. The molecule has 1 atom stereocenters. The first-order valence-corrected chi connectivity index (χ1v) is 9.04. The summed E-state index contributed by atoms with van der Waals surface area (Å²) >= 11 is 2.64. The van der Waals surface area contributed by atoms with Gasteiger partial charge in [0.15, 0.2) is 4.34 Å². The molecule has 23 heavy (non-hydrogen) atoms. The van der Waals surface area contributed by atoms with Crippen LogP contribution in [-0.4, -0.2) is 51.0 Å². The number of thioether (sulfide) groups is 1. The van der Waals surface area contributed by atoms with E-state index in [1.54, 1.807) is 18.5 Å². The number of rotatable bonds is 5. The number of nitrogens with two attached hydrogens (primary N) is 1. The first-order chi connectivity index (χ1) is 11.2. The molecule has 0 spiro atoms. The summed E-state index contributed by atoms with van der Waals surface area (Å²) in [4.78, 5) is 22.7. The van der Waals surface area contributed by atoms with Gasteiger partial charge in [-0.15, -0.1) is 10.2 Å². The minimum atomic E-state index is -0.00963. The average molecular weight is 351 g/mol. The van der Waals surface area contributed by atoms with Gasteiger partial charge in [0, 0.05) is 31.5 Å². The molecule has 0 aromatic carbocycles. The van der Waals surface area contributed by atoms with E-state index in [9.17, 15) is 4.79 Å². The number of nitrogens with one attached hydrogen (secondary N) is 1. The smallest absolute Gasteiger partial charge is 0.230 e. The number of nitrogens with zero attached hydrogens (tertiary/aromatic N) is 5. The van der Waals surface area contributed by atoms with Crippen LogP contribution in [0.25, 0.3) is 0 Å². The Labute approximate surface area is 141 Å². The van der Waals surface area contributed by atoms with Crippen LogP contribution in [0.3, 0.4) is 0 Å². The van der Waals surface area contributed by atoms with Gasteiger partial charge in [0.05, 0.1) is 5.75 Å². The molecule has 2 aromatic rings. The number of amides is 1. The monoisotopic (exact) mass is 351 g/mol. The Kier molecular flexibility index (Phi) is 5.23. The molecule has 1 amide bonds. The van der Waals surface area contributed by atoms with Crippen molar-refractivity contribution in [3.63, 3.8) is 0 Å². The lowest BCUT2D eigenvalue weighted by atomic mass is 10.1. The number of anilines is 2. The zero-order chi connectivity index (χ0) is 16.1. The molecule has 3 heterocycles. The van der Waals surface area contributed by atoms with E-state index in [2.05, 4.69) is 30.4 Å². The number of piperidine rings is 1. The Morgan fingerprint density at radius 2 is 2.26 bits per heavy atom. The van der Waals surface area contributed by atoms with Gasteiger partial charge in [-0.1, -0.05) is 23.1 Å². The predicted molar refractivity (Wildman–Crippen MR) is 90.5 cm³/mol. The fourth-order valence-corrected chi connectivity index (χ4v) is 3.85. The van der Waals surface area contributed by atoms with Crippen LogP contribution in [0, 0.1) is 0 Å². The number of hydrogen-bond acceptors (Lipinski definition) is 9. The maximum atomic E-state index is 12.1. The third-order valence-electron chi connectivity index (χ3n) is 3.37. The normalized spacial score (nSPS) is 17.9. The SMILES string of the molecule is Nc1nnc(SCC(=O)N[C@@H]2CCCN(c3ncccn3)C2)s1. The highest BCUT2D eigenvalue weighted by Crippen LogP contribution is 2.23. The molecular formula is C13H17N7OS2. The van der Waals surface area contributed by atoms with E-state index in [1.807, 2.05) is 0 Å². The van der Waals surface area contributed by atoms with Crippen molar-refractivity contribution in [1.29, 1.82) is 0 Å². The molecule has 0 unspecified atom stereocenters. The molecule has 3 rings (SSSR count). The second-order valence-corrected chi connectivity index (χ2v) is 7.33. The zero-order valence-electron chi connectivity index (χ0n) is 12.4. The van der Waals surface area contributed by atoms with Crippen LogP contribution < -0.4 is 16.0 Å². The number of carbonyl (C=O) groups excluding carboxylic acids is 1. The molecule has 0 saturated carbocycles. The quantitative estimate of drug-likeness (QED) is 0.761. The maximum absolute atomic E-state index is 12.1. The van der Waals surface area contributed by atoms with Gasteiger partial charge in [-0.05, 0) is 18.9 Å². The van der Waals surface area contributed by atoms with Gasteiger partial charge in [-0.25, -0.2) is 9.97 Å². The van der Waals surface area contributed by atoms with Crippen molar-refractivity contribution in [1.82, 2.24) is 25.5 Å². The summed E-state index contributed by atoms with van der Waals surface area (Å²) in [6.07, 6.45) is 5.43. The third kappa shape index (κ3) is 4.52. The maximum Gasteiger partial charge on any atom is 0.230 e. The van der Waals surface area contributed by atoms with E-state index in [0.29, 0.717) is 21.2 Å². The Bertz CT molecular complexity index is 651. The van der Waals surface area contributed by atoms with Crippen molar-refractivity contribution in [2.45, 2.75) is 23.2 Å². The topological polar surface area (TPSA) is 110 Å². The van der Waals surface area contributed by atoms with Crippen molar-refractivity contribution >= 4 is 40.1 Å². The lowest BCUT2D eigenvalue weighted by molar-refractivity contribution is -0.119. The van der Waals surface area contributed by atoms with Gasteiger partial charge in [-0.2, -0.15) is 0 Å². The van der Waals surface area contributed by atoms with E-state index < -0.39 is 0 Å². The molecule has 1 saturated heterocycles. The Morgan fingerprint density at radius 1 is 1.43 bits per heavy atom. The van der Waals surface area contributed by atoms with Crippen LogP contribution in [-0.2, 0) is 4.79 Å². The third-order valence-corrected chi connectivity index (χ3v) is 5.26. The van der Waals surface area contributed by atoms with Gasteiger partial charge in [0.2, 0.25) is 17.0 Å². The first-order valence-electron chi connectivity index (χ1n) is 7.24. The van der Waals surface area contributed by atoms with Crippen LogP contribution >= 0.6 is 23.1 Å². The molecule has 122 valence electrons. The van der Waals surface area contributed by atoms with Crippen molar-refractivity contribution in [3.8, 4) is 0 Å². The van der Waals surface area contributed by atoms with E-state index in [-0.39, 0.29) is 11.9 Å². The number of aromatic nitrogens is 4. The highest BCUT2D eigenvalue weighted by Gasteiger charge is 2.23. The molecule has 8 nitrogen and oxygen atoms in total. The van der Waals surface area contributed by atoms with Crippen LogP contribution in [0.1, 0.15) is 12.8 Å². The van der Waals surface area contributed by atoms with Crippen LogP contribution in [0.2, 0.25) is 0 Å². The van der Waals surface area contributed by atoms with Crippen molar-refractivity contribution < 1.29 is 4.79 Å². The van der Waals surface area contributed by atoms with E-state index in [0.717, 1.165) is 25.9 Å². The highest BCUT2D eigenvalue weighted by atomic mass is 32.2. The fourth-order valence-electron chi connectivity index (χ4n) is 2.41. The summed E-state index contributed by atoms with van der Waals surface area (Å²) in [6, 6.07) is 1.91. The molecule has 2 aromatic heterocycles. The van der Waals surface area contributed by atoms with E-state index >= 15 is 0 Å². The molecule has 10 heteroatoms. The first kappa shape index (κ1) is 15.9. The summed E-state index contributed by atoms with van der Waals surface area (Å²) in [5.74, 6) is 1.02.